The number of halogens is 1. The fourth-order valence-electron chi connectivity index (χ4n) is 1.34. The number of hydrogen-bond acceptors (Lipinski definition) is 3. The molecule has 3 N–H and O–H groups in total. The Morgan fingerprint density at radius 2 is 2.22 bits per heavy atom. The van der Waals surface area contributed by atoms with Crippen LogP contribution < -0.4 is 11.1 Å². The molecule has 0 spiro atoms. The van der Waals surface area contributed by atoms with Gasteiger partial charge in [-0.1, -0.05) is 12.1 Å². The van der Waals surface area contributed by atoms with E-state index in [-0.39, 0.29) is 11.9 Å². The lowest BCUT2D eigenvalue weighted by Crippen LogP contribution is -2.29. The molecular formula is C13H19BrN2OS. The molecule has 1 aromatic rings. The Kier molecular flexibility index (Phi) is 7.39. The molecule has 0 aromatic heterocycles. The van der Waals surface area contributed by atoms with E-state index in [0.29, 0.717) is 13.0 Å². The maximum atomic E-state index is 11.5. The number of hydrogen-bond donors (Lipinski definition) is 2. The molecule has 18 heavy (non-hydrogen) atoms. The second-order valence-electron chi connectivity index (χ2n) is 4.14. The van der Waals surface area contributed by atoms with Crippen LogP contribution in [0.1, 0.15) is 19.8 Å². The lowest BCUT2D eigenvalue weighted by Gasteiger charge is -2.07. The minimum Gasteiger partial charge on any atom is -0.356 e. The van der Waals surface area contributed by atoms with Crippen molar-refractivity contribution in [2.75, 3.05) is 12.3 Å². The number of rotatable bonds is 7. The van der Waals surface area contributed by atoms with Crippen molar-refractivity contribution in [3.05, 3.63) is 28.7 Å². The van der Waals surface area contributed by atoms with Crippen molar-refractivity contribution in [2.45, 2.75) is 30.7 Å². The second kappa shape index (κ2) is 8.56. The fourth-order valence-corrected chi connectivity index (χ4v) is 2.86. The largest absolute Gasteiger partial charge is 0.356 e. The van der Waals surface area contributed by atoms with Crippen LogP contribution in [0, 0.1) is 0 Å². The first-order valence-electron chi connectivity index (χ1n) is 5.99. The lowest BCUT2D eigenvalue weighted by molar-refractivity contribution is -0.120. The first-order valence-corrected chi connectivity index (χ1v) is 7.77. The highest BCUT2D eigenvalue weighted by atomic mass is 79.9. The topological polar surface area (TPSA) is 55.1 Å². The Morgan fingerprint density at radius 1 is 1.50 bits per heavy atom. The van der Waals surface area contributed by atoms with Gasteiger partial charge in [0.2, 0.25) is 5.91 Å². The molecule has 0 saturated carbocycles. The van der Waals surface area contributed by atoms with Crippen LogP contribution in [0.4, 0.5) is 0 Å². The Labute approximate surface area is 121 Å². The van der Waals surface area contributed by atoms with Crippen LogP contribution >= 0.6 is 27.7 Å². The first-order chi connectivity index (χ1) is 8.59. The second-order valence-corrected chi connectivity index (χ2v) is 6.14. The fraction of sp³-hybridized carbons (Fsp3) is 0.462. The molecule has 1 atom stereocenters. The van der Waals surface area contributed by atoms with E-state index in [0.717, 1.165) is 16.6 Å². The van der Waals surface area contributed by atoms with Crippen molar-refractivity contribution in [2.24, 2.45) is 5.73 Å². The third-order valence-electron chi connectivity index (χ3n) is 2.35. The molecule has 0 heterocycles. The van der Waals surface area contributed by atoms with Crippen molar-refractivity contribution in [1.82, 2.24) is 5.32 Å². The molecule has 0 aliphatic rings. The smallest absolute Gasteiger partial charge is 0.220 e. The van der Waals surface area contributed by atoms with Gasteiger partial charge in [0.25, 0.3) is 0 Å². The molecule has 0 bridgehead atoms. The van der Waals surface area contributed by atoms with Gasteiger partial charge in [0, 0.05) is 34.1 Å². The number of carbonyl (C=O) groups excluding carboxylic acids is 1. The molecule has 0 fully saturated rings. The van der Waals surface area contributed by atoms with Crippen molar-refractivity contribution in [3.63, 3.8) is 0 Å². The summed E-state index contributed by atoms with van der Waals surface area (Å²) in [6.45, 7) is 2.60. The van der Waals surface area contributed by atoms with Crippen LogP contribution in [-0.4, -0.2) is 24.2 Å². The van der Waals surface area contributed by atoms with Gasteiger partial charge in [-0.25, -0.2) is 0 Å². The summed E-state index contributed by atoms with van der Waals surface area (Å²) in [4.78, 5) is 12.7. The van der Waals surface area contributed by atoms with E-state index < -0.39 is 0 Å². The predicted molar refractivity (Wildman–Crippen MR) is 80.8 cm³/mol. The number of nitrogens with two attached hydrogens (primary N) is 1. The highest BCUT2D eigenvalue weighted by molar-refractivity contribution is 9.10. The Balaban J connectivity index is 2.18. The van der Waals surface area contributed by atoms with Crippen LogP contribution in [0.3, 0.4) is 0 Å². The lowest BCUT2D eigenvalue weighted by atomic mass is 10.2. The van der Waals surface area contributed by atoms with E-state index in [1.807, 2.05) is 31.2 Å². The maximum Gasteiger partial charge on any atom is 0.220 e. The summed E-state index contributed by atoms with van der Waals surface area (Å²) in [6, 6.07) is 8.17. The molecule has 5 heteroatoms. The number of thioether (sulfide) groups is 1. The molecule has 1 unspecified atom stereocenters. The highest BCUT2D eigenvalue weighted by Gasteiger charge is 2.04. The van der Waals surface area contributed by atoms with Crippen molar-refractivity contribution in [3.8, 4) is 0 Å². The van der Waals surface area contributed by atoms with Gasteiger partial charge >= 0.3 is 0 Å². The first kappa shape index (κ1) is 15.5. The van der Waals surface area contributed by atoms with Gasteiger partial charge in [0.1, 0.15) is 0 Å². The summed E-state index contributed by atoms with van der Waals surface area (Å²) in [5.74, 6) is 0.877. The number of nitrogens with one attached hydrogen (secondary N) is 1. The third-order valence-corrected chi connectivity index (χ3v) is 4.37. The molecular weight excluding hydrogens is 312 g/mol. The Bertz CT molecular complexity index is 385. The standard InChI is InChI=1S/C13H19BrN2OS/c1-10(15)6-8-16-13(17)7-9-18-12-5-3-2-4-11(12)14/h2-5,10H,6-9,15H2,1H3,(H,16,17). The van der Waals surface area contributed by atoms with Gasteiger partial charge in [-0.2, -0.15) is 0 Å². The highest BCUT2D eigenvalue weighted by Crippen LogP contribution is 2.27. The molecule has 1 rings (SSSR count). The normalized spacial score (nSPS) is 12.2. The van der Waals surface area contributed by atoms with E-state index in [2.05, 4.69) is 21.2 Å². The number of carbonyl (C=O) groups is 1. The van der Waals surface area contributed by atoms with Gasteiger partial charge < -0.3 is 11.1 Å². The van der Waals surface area contributed by atoms with E-state index in [4.69, 9.17) is 5.73 Å². The predicted octanol–water partition coefficient (Wildman–Crippen LogP) is 2.78. The van der Waals surface area contributed by atoms with Gasteiger partial charge in [0.15, 0.2) is 0 Å². The quantitative estimate of drug-likeness (QED) is 0.756. The minimum absolute atomic E-state index is 0.0928. The molecule has 3 nitrogen and oxygen atoms in total. The Morgan fingerprint density at radius 3 is 2.89 bits per heavy atom. The molecule has 0 saturated heterocycles. The third kappa shape index (κ3) is 6.42. The van der Waals surface area contributed by atoms with Crippen LogP contribution in [0.2, 0.25) is 0 Å². The van der Waals surface area contributed by atoms with Crippen LogP contribution in [0.5, 0.6) is 0 Å². The van der Waals surface area contributed by atoms with Gasteiger partial charge in [-0.15, -0.1) is 11.8 Å². The monoisotopic (exact) mass is 330 g/mol. The molecule has 100 valence electrons. The van der Waals surface area contributed by atoms with Crippen molar-refractivity contribution in [1.29, 1.82) is 0 Å². The zero-order chi connectivity index (χ0) is 13.4. The van der Waals surface area contributed by atoms with Crippen LogP contribution in [-0.2, 0) is 4.79 Å². The zero-order valence-corrected chi connectivity index (χ0v) is 12.9. The molecule has 0 aliphatic heterocycles. The SMILES string of the molecule is CC(N)CCNC(=O)CCSc1ccccc1Br. The van der Waals surface area contributed by atoms with Gasteiger partial charge in [0.05, 0.1) is 0 Å². The molecule has 1 aromatic carbocycles. The zero-order valence-electron chi connectivity index (χ0n) is 10.5. The molecule has 0 radical (unpaired) electrons. The average Bonchev–Trinajstić information content (AvgIpc) is 2.31. The minimum atomic E-state index is 0.0928. The summed E-state index contributed by atoms with van der Waals surface area (Å²) < 4.78 is 1.08. The summed E-state index contributed by atoms with van der Waals surface area (Å²) in [5, 5.41) is 2.87. The van der Waals surface area contributed by atoms with E-state index in [1.54, 1.807) is 11.8 Å². The van der Waals surface area contributed by atoms with E-state index >= 15 is 0 Å². The van der Waals surface area contributed by atoms with Crippen molar-refractivity contribution >= 4 is 33.6 Å². The summed E-state index contributed by atoms with van der Waals surface area (Å²) in [7, 11) is 0. The average molecular weight is 331 g/mol. The van der Waals surface area contributed by atoms with E-state index in [1.165, 1.54) is 4.90 Å². The van der Waals surface area contributed by atoms with Crippen LogP contribution in [0.25, 0.3) is 0 Å². The maximum absolute atomic E-state index is 11.5. The molecule has 0 aliphatic carbocycles. The van der Waals surface area contributed by atoms with Crippen LogP contribution in [0.15, 0.2) is 33.6 Å². The number of benzene rings is 1. The summed E-state index contributed by atoms with van der Waals surface area (Å²) in [6.07, 6.45) is 1.36. The van der Waals surface area contributed by atoms with Gasteiger partial charge in [-0.05, 0) is 41.4 Å². The molecule has 1 amide bonds. The van der Waals surface area contributed by atoms with E-state index in [9.17, 15) is 4.79 Å². The van der Waals surface area contributed by atoms with Crippen molar-refractivity contribution < 1.29 is 4.79 Å². The Hall–Kier alpha value is -0.520. The number of amides is 1. The summed E-state index contributed by atoms with van der Waals surface area (Å²) in [5.41, 5.74) is 5.61. The van der Waals surface area contributed by atoms with Gasteiger partial charge in [-0.3, -0.25) is 4.79 Å². The summed E-state index contributed by atoms with van der Waals surface area (Å²) >= 11 is 5.17.